The summed E-state index contributed by atoms with van der Waals surface area (Å²) in [6.45, 7) is 2.52. The Bertz CT molecular complexity index is 797. The molecule has 0 spiro atoms. The summed E-state index contributed by atoms with van der Waals surface area (Å²) in [4.78, 5) is 34.6. The number of thiazole rings is 1. The van der Waals surface area contributed by atoms with Crippen LogP contribution in [0.15, 0.2) is 40.1 Å². The number of carbonyl (C=O) groups excluding carboxylic acids is 2. The molecule has 27 heavy (non-hydrogen) atoms. The van der Waals surface area contributed by atoms with E-state index in [-0.39, 0.29) is 17.7 Å². The summed E-state index contributed by atoms with van der Waals surface area (Å²) < 4.78 is 0. The van der Waals surface area contributed by atoms with E-state index >= 15 is 0 Å². The fourth-order valence-corrected chi connectivity index (χ4v) is 5.05. The van der Waals surface area contributed by atoms with E-state index in [9.17, 15) is 9.59 Å². The van der Waals surface area contributed by atoms with E-state index in [0.29, 0.717) is 26.2 Å². The molecular weight excluding hydrogens is 378 g/mol. The maximum atomic E-state index is 13.1. The first-order valence-electron chi connectivity index (χ1n) is 9.39. The molecule has 0 N–H and O–H groups in total. The molecule has 0 radical (unpaired) electrons. The van der Waals surface area contributed by atoms with Gasteiger partial charge in [0.05, 0.1) is 16.8 Å². The molecule has 5 nitrogen and oxygen atoms in total. The summed E-state index contributed by atoms with van der Waals surface area (Å²) in [6, 6.07) is 7.78. The fraction of sp³-hybridized carbons (Fsp3) is 0.450. The summed E-state index contributed by atoms with van der Waals surface area (Å²) in [7, 11) is 0. The van der Waals surface area contributed by atoms with Gasteiger partial charge in [0.15, 0.2) is 0 Å². The number of aromatic nitrogens is 1. The van der Waals surface area contributed by atoms with Gasteiger partial charge < -0.3 is 9.80 Å². The maximum Gasteiger partial charge on any atom is 0.255 e. The van der Waals surface area contributed by atoms with Crippen molar-refractivity contribution in [1.29, 1.82) is 0 Å². The molecule has 1 aliphatic carbocycles. The first-order valence-corrected chi connectivity index (χ1v) is 11.3. The third kappa shape index (κ3) is 4.19. The van der Waals surface area contributed by atoms with Crippen LogP contribution in [0.4, 0.5) is 0 Å². The standard InChI is InChI=1S/C20H23N3O2S2/c24-19(15-4-3-5-15)22-8-10-23(11-9-22)20(25)17-6-1-2-7-18(17)27-13-16-12-26-14-21-16/h1-2,6-7,12,14-15H,3-5,8-11,13H2. The fourth-order valence-electron chi connectivity index (χ4n) is 3.44. The number of piperazine rings is 1. The Morgan fingerprint density at radius 1 is 1.11 bits per heavy atom. The van der Waals surface area contributed by atoms with Gasteiger partial charge in [-0.05, 0) is 25.0 Å². The van der Waals surface area contributed by atoms with Crippen molar-refractivity contribution in [3.05, 3.63) is 46.4 Å². The Balaban J connectivity index is 1.37. The predicted molar refractivity (Wildman–Crippen MR) is 108 cm³/mol. The molecule has 2 fully saturated rings. The number of hydrogen-bond donors (Lipinski definition) is 0. The monoisotopic (exact) mass is 401 g/mol. The molecule has 1 aromatic heterocycles. The first kappa shape index (κ1) is 18.5. The molecule has 1 aliphatic heterocycles. The molecule has 0 bridgehead atoms. The summed E-state index contributed by atoms with van der Waals surface area (Å²) in [6.07, 6.45) is 3.23. The zero-order valence-corrected chi connectivity index (χ0v) is 16.8. The van der Waals surface area contributed by atoms with Crippen molar-refractivity contribution >= 4 is 34.9 Å². The van der Waals surface area contributed by atoms with Crippen LogP contribution < -0.4 is 0 Å². The van der Waals surface area contributed by atoms with Gasteiger partial charge in [-0.15, -0.1) is 23.1 Å². The molecule has 2 aromatic rings. The molecule has 7 heteroatoms. The topological polar surface area (TPSA) is 53.5 Å². The molecule has 2 aliphatic rings. The molecule has 2 amide bonds. The molecule has 1 aromatic carbocycles. The van der Waals surface area contributed by atoms with Crippen molar-refractivity contribution in [2.24, 2.45) is 5.92 Å². The van der Waals surface area contributed by atoms with Crippen molar-refractivity contribution in [3.63, 3.8) is 0 Å². The van der Waals surface area contributed by atoms with E-state index in [1.165, 1.54) is 6.42 Å². The molecule has 1 saturated heterocycles. The van der Waals surface area contributed by atoms with Crippen molar-refractivity contribution in [2.45, 2.75) is 29.9 Å². The largest absolute Gasteiger partial charge is 0.339 e. The lowest BCUT2D eigenvalue weighted by atomic mass is 9.84. The number of rotatable bonds is 5. The zero-order chi connectivity index (χ0) is 18.6. The smallest absolute Gasteiger partial charge is 0.255 e. The highest BCUT2D eigenvalue weighted by molar-refractivity contribution is 7.98. The van der Waals surface area contributed by atoms with Gasteiger partial charge >= 0.3 is 0 Å². The van der Waals surface area contributed by atoms with Crippen LogP contribution in [0.3, 0.4) is 0 Å². The lowest BCUT2D eigenvalue weighted by Gasteiger charge is -2.38. The van der Waals surface area contributed by atoms with Crippen LogP contribution in [0.5, 0.6) is 0 Å². The highest BCUT2D eigenvalue weighted by Crippen LogP contribution is 2.29. The number of carbonyl (C=O) groups is 2. The molecule has 2 heterocycles. The van der Waals surface area contributed by atoms with Crippen molar-refractivity contribution in [2.75, 3.05) is 26.2 Å². The van der Waals surface area contributed by atoms with Crippen LogP contribution in [0.25, 0.3) is 0 Å². The minimum absolute atomic E-state index is 0.0621. The Kier molecular flexibility index (Phi) is 5.78. The van der Waals surface area contributed by atoms with Gasteiger partial charge in [0.2, 0.25) is 5.91 Å². The number of nitrogens with zero attached hydrogens (tertiary/aromatic N) is 3. The summed E-state index contributed by atoms with van der Waals surface area (Å²) in [5, 5.41) is 2.04. The van der Waals surface area contributed by atoms with E-state index in [2.05, 4.69) is 4.98 Å². The van der Waals surface area contributed by atoms with Crippen LogP contribution in [-0.2, 0) is 10.5 Å². The van der Waals surface area contributed by atoms with Gasteiger partial charge in [-0.25, -0.2) is 4.98 Å². The summed E-state index contributed by atoms with van der Waals surface area (Å²) in [5.41, 5.74) is 3.61. The lowest BCUT2D eigenvalue weighted by Crippen LogP contribution is -2.52. The zero-order valence-electron chi connectivity index (χ0n) is 15.2. The lowest BCUT2D eigenvalue weighted by molar-refractivity contribution is -0.139. The van der Waals surface area contributed by atoms with E-state index in [1.807, 2.05) is 45.0 Å². The minimum atomic E-state index is 0.0621. The quantitative estimate of drug-likeness (QED) is 0.720. The van der Waals surface area contributed by atoms with Gasteiger partial charge in [-0.1, -0.05) is 18.6 Å². The maximum absolute atomic E-state index is 13.1. The SMILES string of the molecule is O=C(c1ccccc1SCc1cscn1)N1CCN(C(=O)C2CCC2)CC1. The second kappa shape index (κ2) is 8.44. The molecule has 142 valence electrons. The Labute approximate surface area is 167 Å². The average Bonchev–Trinajstić information content (AvgIpc) is 3.18. The van der Waals surface area contributed by atoms with E-state index in [0.717, 1.165) is 34.7 Å². The number of thioether (sulfide) groups is 1. The first-order chi connectivity index (χ1) is 13.2. The second-order valence-corrected chi connectivity index (χ2v) is 8.75. The van der Waals surface area contributed by atoms with Crippen LogP contribution in [-0.4, -0.2) is 52.8 Å². The third-order valence-corrected chi connectivity index (χ3v) is 7.05. The van der Waals surface area contributed by atoms with Gasteiger partial charge in [0.1, 0.15) is 0 Å². The molecular formula is C20H23N3O2S2. The van der Waals surface area contributed by atoms with E-state index < -0.39 is 0 Å². The Morgan fingerprint density at radius 3 is 2.52 bits per heavy atom. The van der Waals surface area contributed by atoms with Gasteiger partial charge in [0, 0.05) is 48.1 Å². The molecule has 1 saturated carbocycles. The predicted octanol–water partition coefficient (Wildman–Crippen LogP) is 3.52. The van der Waals surface area contributed by atoms with Crippen LogP contribution >= 0.6 is 23.1 Å². The van der Waals surface area contributed by atoms with Crippen LogP contribution in [0, 0.1) is 5.92 Å². The van der Waals surface area contributed by atoms with Crippen molar-refractivity contribution < 1.29 is 9.59 Å². The summed E-state index contributed by atoms with van der Waals surface area (Å²) in [5.74, 6) is 1.34. The van der Waals surface area contributed by atoms with Crippen LogP contribution in [0.2, 0.25) is 0 Å². The average molecular weight is 402 g/mol. The number of benzene rings is 1. The third-order valence-electron chi connectivity index (χ3n) is 5.31. The summed E-state index contributed by atoms with van der Waals surface area (Å²) >= 11 is 3.24. The number of hydrogen-bond acceptors (Lipinski definition) is 5. The number of amides is 2. The van der Waals surface area contributed by atoms with Gasteiger partial charge in [-0.3, -0.25) is 9.59 Å². The highest BCUT2D eigenvalue weighted by Gasteiger charge is 2.32. The van der Waals surface area contributed by atoms with E-state index in [1.54, 1.807) is 23.1 Å². The Hall–Kier alpha value is -1.86. The molecule has 4 rings (SSSR count). The normalized spacial score (nSPS) is 17.6. The second-order valence-electron chi connectivity index (χ2n) is 7.01. The molecule has 0 atom stereocenters. The minimum Gasteiger partial charge on any atom is -0.339 e. The molecule has 0 unspecified atom stereocenters. The van der Waals surface area contributed by atoms with Crippen molar-refractivity contribution in [3.8, 4) is 0 Å². The Morgan fingerprint density at radius 2 is 1.85 bits per heavy atom. The van der Waals surface area contributed by atoms with Gasteiger partial charge in [0.25, 0.3) is 5.91 Å². The van der Waals surface area contributed by atoms with Crippen LogP contribution in [0.1, 0.15) is 35.3 Å². The van der Waals surface area contributed by atoms with E-state index in [4.69, 9.17) is 0 Å². The van der Waals surface area contributed by atoms with Gasteiger partial charge in [-0.2, -0.15) is 0 Å². The highest BCUT2D eigenvalue weighted by atomic mass is 32.2. The van der Waals surface area contributed by atoms with Crippen molar-refractivity contribution in [1.82, 2.24) is 14.8 Å².